The molecule has 0 heterocycles. The summed E-state index contributed by atoms with van der Waals surface area (Å²) in [6.07, 6.45) is 3.64. The molecule has 18 nitrogen and oxygen atoms in total. The normalized spacial score (nSPS) is 13.5. The van der Waals surface area contributed by atoms with Crippen LogP contribution >= 0.6 is 0 Å². The summed E-state index contributed by atoms with van der Waals surface area (Å²) < 4.78 is 0. The number of rotatable bonds is 16. The first-order chi connectivity index (χ1) is 18.3. The van der Waals surface area contributed by atoms with E-state index in [-0.39, 0.29) is 18.3 Å². The summed E-state index contributed by atoms with van der Waals surface area (Å²) in [5.74, 6) is -4.81. The van der Waals surface area contributed by atoms with Crippen LogP contribution in [0.2, 0.25) is 0 Å². The number of carboxylic acids is 4. The van der Waals surface area contributed by atoms with Gasteiger partial charge < -0.3 is 65.9 Å². The monoisotopic (exact) mass is 583 g/mol. The Morgan fingerprint density at radius 3 is 1.43 bits per heavy atom. The Labute approximate surface area is 233 Å². The molecule has 0 fully saturated rings. The molecular weight excluding hydrogens is 534 g/mol. The van der Waals surface area contributed by atoms with Crippen LogP contribution in [-0.2, 0) is 24.0 Å². The van der Waals surface area contributed by atoms with E-state index in [1.54, 1.807) is 0 Å². The number of unbranched alkanes of at least 4 members (excludes halogenated alkanes) is 1. The number of carboxylic acid groups (broad SMARTS) is 4. The van der Waals surface area contributed by atoms with Crippen molar-refractivity contribution in [1.82, 2.24) is 5.32 Å². The van der Waals surface area contributed by atoms with Crippen molar-refractivity contribution < 1.29 is 44.4 Å². The molecule has 0 saturated carbocycles. The number of aliphatic carboxylic acids is 4. The average Bonchev–Trinajstić information content (AvgIpc) is 2.85. The van der Waals surface area contributed by atoms with Crippen LogP contribution in [0, 0.1) is 11.3 Å². The molecule has 0 aromatic rings. The zero-order valence-corrected chi connectivity index (χ0v) is 23.1. The van der Waals surface area contributed by atoms with Gasteiger partial charge in [-0.05, 0) is 38.1 Å². The van der Waals surface area contributed by atoms with Gasteiger partial charge in [0.25, 0.3) is 0 Å². The Kier molecular flexibility index (Phi) is 29.3. The molecule has 0 aromatic heterocycles. The molecule has 0 spiro atoms. The number of guanidine groups is 1. The maximum Gasteiger partial charge on any atom is 0.321 e. The van der Waals surface area contributed by atoms with Gasteiger partial charge in [-0.15, -0.1) is 0 Å². The van der Waals surface area contributed by atoms with Crippen LogP contribution in [0.3, 0.4) is 0 Å². The number of primary amides is 1. The Hall–Kier alpha value is -3.58. The molecule has 0 bridgehead atoms. The number of carbonyl (C=O) groups excluding carboxylic acids is 1. The van der Waals surface area contributed by atoms with Crippen LogP contribution in [0.25, 0.3) is 0 Å². The largest absolute Gasteiger partial charge is 0.480 e. The van der Waals surface area contributed by atoms with Crippen LogP contribution in [0.1, 0.15) is 58.8 Å². The molecule has 0 saturated heterocycles. The quantitative estimate of drug-likeness (QED) is 0.0486. The van der Waals surface area contributed by atoms with E-state index in [1.165, 1.54) is 0 Å². The minimum atomic E-state index is -1.21. The molecule has 40 heavy (non-hydrogen) atoms. The second-order valence-electron chi connectivity index (χ2n) is 8.52. The van der Waals surface area contributed by atoms with Crippen molar-refractivity contribution in [3.63, 3.8) is 0 Å². The van der Waals surface area contributed by atoms with E-state index in [2.05, 4.69) is 11.1 Å². The minimum absolute atomic E-state index is 0.0718. The van der Waals surface area contributed by atoms with Crippen LogP contribution in [0.15, 0.2) is 0 Å². The number of amides is 1. The lowest BCUT2D eigenvalue weighted by molar-refractivity contribution is -0.140. The summed E-state index contributed by atoms with van der Waals surface area (Å²) >= 11 is 0. The van der Waals surface area contributed by atoms with E-state index in [0.29, 0.717) is 32.4 Å². The van der Waals surface area contributed by atoms with Crippen molar-refractivity contribution in [2.24, 2.45) is 46.1 Å². The van der Waals surface area contributed by atoms with Gasteiger partial charge in [0, 0.05) is 6.54 Å². The first-order valence-corrected chi connectivity index (χ1v) is 12.3. The van der Waals surface area contributed by atoms with Crippen molar-refractivity contribution in [2.45, 2.75) is 83.0 Å². The fourth-order valence-electron chi connectivity index (χ4n) is 2.10. The van der Waals surface area contributed by atoms with Gasteiger partial charge in [0.2, 0.25) is 5.91 Å². The van der Waals surface area contributed by atoms with E-state index in [1.807, 2.05) is 13.8 Å². The molecule has 0 rings (SSSR count). The fourth-order valence-corrected chi connectivity index (χ4v) is 2.10. The molecule has 18 heteroatoms. The number of carbonyl (C=O) groups is 5. The summed E-state index contributed by atoms with van der Waals surface area (Å²) in [4.78, 5) is 50.4. The fraction of sp³-hybridized carbons (Fsp3) is 0.727. The molecule has 236 valence electrons. The standard InChI is InChI=1S/C6H14N4O2.C6H14N2O2.C6H13NO2.C4H8N2O3/c7-4(5(11)12)2-1-3-10-6(8)9;7-4-2-1-3-5(8)6(9)10;1-3-4(2)5(7)6(8)9;5-2(4(8)9)1-3(6)7/h4H,1-3,7H2,(H,11,12)(H4,8,9,10);5H,1-4,7-8H2,(H,9,10);4-5H,3,7H2,1-2H3,(H,8,9);2H,1,5H2,(H2,6,7)(H,8,9). The van der Waals surface area contributed by atoms with Crippen LogP contribution in [0.4, 0.5) is 0 Å². The first-order valence-electron chi connectivity index (χ1n) is 12.3. The van der Waals surface area contributed by atoms with E-state index in [9.17, 15) is 24.0 Å². The third-order valence-electron chi connectivity index (χ3n) is 4.89. The molecular formula is C22H49N9O9. The lowest BCUT2D eigenvalue weighted by atomic mass is 10.0. The van der Waals surface area contributed by atoms with Gasteiger partial charge in [0.15, 0.2) is 5.96 Å². The topological polar surface area (TPSA) is 384 Å². The highest BCUT2D eigenvalue weighted by Gasteiger charge is 2.17. The smallest absolute Gasteiger partial charge is 0.321 e. The van der Waals surface area contributed by atoms with Gasteiger partial charge in [0.05, 0.1) is 6.42 Å². The zero-order valence-electron chi connectivity index (χ0n) is 23.1. The third-order valence-corrected chi connectivity index (χ3v) is 4.89. The zero-order chi connectivity index (χ0) is 32.4. The maximum absolute atomic E-state index is 10.2. The molecule has 0 aliphatic rings. The van der Waals surface area contributed by atoms with E-state index in [4.69, 9.17) is 60.2 Å². The van der Waals surface area contributed by atoms with Gasteiger partial charge in [-0.1, -0.05) is 26.7 Å². The molecule has 5 atom stereocenters. The lowest BCUT2D eigenvalue weighted by Crippen LogP contribution is -2.36. The highest BCUT2D eigenvalue weighted by Crippen LogP contribution is 2.04. The summed E-state index contributed by atoms with van der Waals surface area (Å²) in [6, 6.07) is -3.40. The van der Waals surface area contributed by atoms with Crippen LogP contribution < -0.4 is 45.5 Å². The van der Waals surface area contributed by atoms with Gasteiger partial charge >= 0.3 is 23.9 Å². The first kappa shape index (κ1) is 43.5. The number of hydrogen-bond donors (Lipinski definition) is 13. The number of nitrogens with two attached hydrogens (primary N) is 7. The van der Waals surface area contributed by atoms with Crippen molar-refractivity contribution in [3.8, 4) is 0 Å². The van der Waals surface area contributed by atoms with Gasteiger partial charge in [-0.2, -0.15) is 0 Å². The maximum atomic E-state index is 10.2. The molecule has 0 aliphatic heterocycles. The number of nitrogens with one attached hydrogen (secondary N) is 2. The highest BCUT2D eigenvalue weighted by molar-refractivity contribution is 5.83. The van der Waals surface area contributed by atoms with Crippen molar-refractivity contribution in [2.75, 3.05) is 13.1 Å². The second kappa shape index (κ2) is 27.0. The highest BCUT2D eigenvalue weighted by atomic mass is 16.4. The summed E-state index contributed by atoms with van der Waals surface area (Å²) in [5, 5.41) is 42.5. The van der Waals surface area contributed by atoms with Gasteiger partial charge in [-0.25, -0.2) is 0 Å². The average molecular weight is 584 g/mol. The molecule has 0 radical (unpaired) electrons. The van der Waals surface area contributed by atoms with E-state index >= 15 is 0 Å². The van der Waals surface area contributed by atoms with Gasteiger partial charge in [-0.3, -0.25) is 29.4 Å². The van der Waals surface area contributed by atoms with Crippen molar-refractivity contribution in [3.05, 3.63) is 0 Å². The van der Waals surface area contributed by atoms with E-state index in [0.717, 1.165) is 19.3 Å². The van der Waals surface area contributed by atoms with Gasteiger partial charge in [0.1, 0.15) is 24.2 Å². The lowest BCUT2D eigenvalue weighted by Gasteiger charge is -2.11. The Bertz CT molecular complexity index is 757. The predicted molar refractivity (Wildman–Crippen MR) is 148 cm³/mol. The van der Waals surface area contributed by atoms with Crippen molar-refractivity contribution >= 4 is 35.7 Å². The predicted octanol–water partition coefficient (Wildman–Crippen LogP) is -3.09. The summed E-state index contributed by atoms with van der Waals surface area (Å²) in [7, 11) is 0. The summed E-state index contributed by atoms with van der Waals surface area (Å²) in [6.45, 7) is 4.84. The Morgan fingerprint density at radius 2 is 1.18 bits per heavy atom. The van der Waals surface area contributed by atoms with Crippen LogP contribution in [0.5, 0.6) is 0 Å². The van der Waals surface area contributed by atoms with E-state index < -0.39 is 54.0 Å². The molecule has 5 unspecified atom stereocenters. The Balaban J connectivity index is -0.000000218. The molecule has 1 amide bonds. The van der Waals surface area contributed by atoms with Crippen molar-refractivity contribution in [1.29, 1.82) is 5.41 Å². The Morgan fingerprint density at radius 1 is 0.750 bits per heavy atom. The van der Waals surface area contributed by atoms with Crippen LogP contribution in [-0.4, -0.2) is 93.4 Å². The minimum Gasteiger partial charge on any atom is -0.480 e. The summed E-state index contributed by atoms with van der Waals surface area (Å²) in [5.41, 5.74) is 35.5. The number of hydrogen-bond acceptors (Lipinski definition) is 11. The molecule has 0 aliphatic carbocycles. The molecule has 0 aromatic carbocycles. The molecule has 20 N–H and O–H groups in total. The SMILES string of the molecule is CCC(C)C(N)C(=O)O.N=C(N)NCCCC(N)C(=O)O.NC(=O)CC(N)C(=O)O.NCCCCC(N)C(=O)O. The third kappa shape index (κ3) is 32.4. The second-order valence-corrected chi connectivity index (χ2v) is 8.52.